The molecule has 2 unspecified atom stereocenters. The molecule has 0 rings (SSSR count). The standard InChI is InChI=1S/C10H16N2O3/c1-4-7(5-2)11-10(15)12-8(6-3)9(13)14/h1,7-8H,5-6H2,2-3H3,(H,13,14)(H2,11,12,15). The van der Waals surface area contributed by atoms with Crippen LogP contribution in [0, 0.1) is 12.3 Å². The lowest BCUT2D eigenvalue weighted by atomic mass is 10.2. The number of carboxylic acids is 1. The summed E-state index contributed by atoms with van der Waals surface area (Å²) in [6.07, 6.45) is 6.08. The minimum absolute atomic E-state index is 0.329. The molecule has 0 aromatic rings. The molecule has 0 saturated carbocycles. The molecule has 5 heteroatoms. The van der Waals surface area contributed by atoms with Gasteiger partial charge in [0, 0.05) is 0 Å². The van der Waals surface area contributed by atoms with E-state index >= 15 is 0 Å². The fourth-order valence-electron chi connectivity index (χ4n) is 0.958. The normalized spacial score (nSPS) is 13.4. The van der Waals surface area contributed by atoms with Crippen LogP contribution < -0.4 is 10.6 Å². The summed E-state index contributed by atoms with van der Waals surface area (Å²) in [5.74, 6) is 1.33. The highest BCUT2D eigenvalue weighted by Gasteiger charge is 2.18. The molecule has 0 aromatic heterocycles. The second-order valence-corrected chi connectivity index (χ2v) is 3.04. The van der Waals surface area contributed by atoms with Gasteiger partial charge in [0.1, 0.15) is 6.04 Å². The summed E-state index contributed by atoms with van der Waals surface area (Å²) in [6, 6.07) is -1.79. The van der Waals surface area contributed by atoms with Gasteiger partial charge in [0.2, 0.25) is 0 Å². The average Bonchev–Trinajstić information content (AvgIpc) is 2.22. The van der Waals surface area contributed by atoms with E-state index in [2.05, 4.69) is 16.6 Å². The highest BCUT2D eigenvalue weighted by atomic mass is 16.4. The first-order valence-corrected chi connectivity index (χ1v) is 4.81. The highest BCUT2D eigenvalue weighted by molar-refractivity contribution is 5.82. The largest absolute Gasteiger partial charge is 0.480 e. The molecule has 0 aromatic carbocycles. The third-order valence-electron chi connectivity index (χ3n) is 1.93. The van der Waals surface area contributed by atoms with Gasteiger partial charge in [-0.25, -0.2) is 9.59 Å². The van der Waals surface area contributed by atoms with Crippen molar-refractivity contribution < 1.29 is 14.7 Å². The molecular formula is C10H16N2O3. The summed E-state index contributed by atoms with van der Waals surface area (Å²) in [5, 5.41) is 13.5. The molecule has 0 aliphatic heterocycles. The number of carbonyl (C=O) groups excluding carboxylic acids is 1. The quantitative estimate of drug-likeness (QED) is 0.583. The molecule has 0 aliphatic rings. The van der Waals surface area contributed by atoms with E-state index < -0.39 is 18.0 Å². The molecule has 0 saturated heterocycles. The van der Waals surface area contributed by atoms with Crippen LogP contribution in [0.5, 0.6) is 0 Å². The van der Waals surface area contributed by atoms with Crippen molar-refractivity contribution in [2.45, 2.75) is 38.8 Å². The summed E-state index contributed by atoms with van der Waals surface area (Å²) in [7, 11) is 0. The maximum Gasteiger partial charge on any atom is 0.326 e. The molecule has 0 bridgehead atoms. The molecule has 0 spiro atoms. The lowest BCUT2D eigenvalue weighted by Gasteiger charge is -2.15. The predicted octanol–water partition coefficient (Wildman–Crippen LogP) is 0.561. The van der Waals surface area contributed by atoms with E-state index in [0.29, 0.717) is 12.8 Å². The van der Waals surface area contributed by atoms with Gasteiger partial charge >= 0.3 is 12.0 Å². The first-order chi connectivity index (χ1) is 7.04. The molecular weight excluding hydrogens is 196 g/mol. The fourth-order valence-corrected chi connectivity index (χ4v) is 0.958. The van der Waals surface area contributed by atoms with Gasteiger partial charge in [-0.3, -0.25) is 0 Å². The van der Waals surface area contributed by atoms with E-state index in [1.165, 1.54) is 0 Å². The second-order valence-electron chi connectivity index (χ2n) is 3.04. The number of amides is 2. The molecule has 0 heterocycles. The molecule has 0 radical (unpaired) electrons. The Labute approximate surface area is 89.2 Å². The zero-order valence-electron chi connectivity index (χ0n) is 8.91. The Balaban J connectivity index is 4.13. The van der Waals surface area contributed by atoms with Gasteiger partial charge in [-0.1, -0.05) is 19.8 Å². The molecule has 15 heavy (non-hydrogen) atoms. The number of urea groups is 1. The van der Waals surface area contributed by atoms with E-state index in [1.54, 1.807) is 6.92 Å². The van der Waals surface area contributed by atoms with E-state index in [4.69, 9.17) is 11.5 Å². The number of terminal acetylenes is 1. The van der Waals surface area contributed by atoms with Crippen LogP contribution in [-0.4, -0.2) is 29.2 Å². The number of carboxylic acid groups (broad SMARTS) is 1. The molecule has 0 aliphatic carbocycles. The van der Waals surface area contributed by atoms with E-state index in [9.17, 15) is 9.59 Å². The molecule has 5 nitrogen and oxygen atoms in total. The summed E-state index contributed by atoms with van der Waals surface area (Å²) >= 11 is 0. The first-order valence-electron chi connectivity index (χ1n) is 4.81. The number of aliphatic carboxylic acids is 1. The van der Waals surface area contributed by atoms with Crippen LogP contribution in [0.25, 0.3) is 0 Å². The highest BCUT2D eigenvalue weighted by Crippen LogP contribution is 1.92. The maximum atomic E-state index is 11.3. The summed E-state index contributed by atoms with van der Waals surface area (Å²) in [6.45, 7) is 3.51. The van der Waals surface area contributed by atoms with Crippen LogP contribution in [0.3, 0.4) is 0 Å². The van der Waals surface area contributed by atoms with Crippen molar-refractivity contribution in [3.8, 4) is 12.3 Å². The molecule has 2 amide bonds. The third-order valence-corrected chi connectivity index (χ3v) is 1.93. The molecule has 2 atom stereocenters. The van der Waals surface area contributed by atoms with Crippen molar-refractivity contribution >= 4 is 12.0 Å². The van der Waals surface area contributed by atoms with Gasteiger partial charge in [0.05, 0.1) is 6.04 Å². The van der Waals surface area contributed by atoms with E-state index in [-0.39, 0.29) is 6.04 Å². The van der Waals surface area contributed by atoms with Crippen LogP contribution in [-0.2, 0) is 4.79 Å². The van der Waals surface area contributed by atoms with Crippen molar-refractivity contribution in [3.05, 3.63) is 0 Å². The van der Waals surface area contributed by atoms with Gasteiger partial charge < -0.3 is 15.7 Å². The Kier molecular flexibility index (Phi) is 5.95. The smallest absolute Gasteiger partial charge is 0.326 e. The van der Waals surface area contributed by atoms with Crippen LogP contribution in [0.4, 0.5) is 4.79 Å². The lowest BCUT2D eigenvalue weighted by Crippen LogP contribution is -2.48. The lowest BCUT2D eigenvalue weighted by molar-refractivity contribution is -0.139. The molecule has 84 valence electrons. The number of hydrogen-bond donors (Lipinski definition) is 3. The Morgan fingerprint density at radius 2 is 1.93 bits per heavy atom. The van der Waals surface area contributed by atoms with Gasteiger partial charge in [0.25, 0.3) is 0 Å². The summed E-state index contributed by atoms with van der Waals surface area (Å²) < 4.78 is 0. The summed E-state index contributed by atoms with van der Waals surface area (Å²) in [5.41, 5.74) is 0. The van der Waals surface area contributed by atoms with Crippen molar-refractivity contribution in [3.63, 3.8) is 0 Å². The van der Waals surface area contributed by atoms with Crippen LogP contribution in [0.15, 0.2) is 0 Å². The fraction of sp³-hybridized carbons (Fsp3) is 0.600. The van der Waals surface area contributed by atoms with Gasteiger partial charge in [0.15, 0.2) is 0 Å². The van der Waals surface area contributed by atoms with Crippen molar-refractivity contribution in [2.75, 3.05) is 0 Å². The topological polar surface area (TPSA) is 78.4 Å². The molecule has 0 fully saturated rings. The summed E-state index contributed by atoms with van der Waals surface area (Å²) in [4.78, 5) is 21.9. The number of rotatable bonds is 5. The Bertz CT molecular complexity index is 270. The minimum Gasteiger partial charge on any atom is -0.480 e. The Morgan fingerprint density at radius 1 is 1.33 bits per heavy atom. The number of nitrogens with one attached hydrogen (secondary N) is 2. The number of hydrogen-bond acceptors (Lipinski definition) is 2. The zero-order chi connectivity index (χ0) is 11.8. The van der Waals surface area contributed by atoms with Crippen molar-refractivity contribution in [1.29, 1.82) is 0 Å². The van der Waals surface area contributed by atoms with Crippen LogP contribution >= 0.6 is 0 Å². The van der Waals surface area contributed by atoms with Crippen LogP contribution in [0.2, 0.25) is 0 Å². The van der Waals surface area contributed by atoms with E-state index in [1.807, 2.05) is 6.92 Å². The van der Waals surface area contributed by atoms with Crippen LogP contribution in [0.1, 0.15) is 26.7 Å². The minimum atomic E-state index is -1.05. The van der Waals surface area contributed by atoms with E-state index in [0.717, 1.165) is 0 Å². The first kappa shape index (κ1) is 13.3. The van der Waals surface area contributed by atoms with Crippen molar-refractivity contribution in [1.82, 2.24) is 10.6 Å². The monoisotopic (exact) mass is 212 g/mol. The van der Waals surface area contributed by atoms with Gasteiger partial charge in [-0.2, -0.15) is 0 Å². The van der Waals surface area contributed by atoms with Gasteiger partial charge in [-0.05, 0) is 12.8 Å². The average molecular weight is 212 g/mol. The zero-order valence-corrected chi connectivity index (χ0v) is 8.91. The maximum absolute atomic E-state index is 11.3. The molecule has 3 N–H and O–H groups in total. The SMILES string of the molecule is C#CC(CC)NC(=O)NC(CC)C(=O)O. The Morgan fingerprint density at radius 3 is 2.27 bits per heavy atom. The Hall–Kier alpha value is -1.70. The van der Waals surface area contributed by atoms with Gasteiger partial charge in [-0.15, -0.1) is 6.42 Å². The predicted molar refractivity (Wildman–Crippen MR) is 56.3 cm³/mol. The third kappa shape index (κ3) is 4.91. The van der Waals surface area contributed by atoms with Crippen molar-refractivity contribution in [2.24, 2.45) is 0 Å². The second kappa shape index (κ2) is 6.71. The number of carbonyl (C=O) groups is 2.